The van der Waals surface area contributed by atoms with E-state index in [-0.39, 0.29) is 0 Å². The van der Waals surface area contributed by atoms with Gasteiger partial charge in [0.25, 0.3) is 0 Å². The molecule has 1 heterocycles. The lowest BCUT2D eigenvalue weighted by Crippen LogP contribution is -2.09. The van der Waals surface area contributed by atoms with Crippen molar-refractivity contribution in [1.82, 2.24) is 4.98 Å². The van der Waals surface area contributed by atoms with Crippen molar-refractivity contribution in [2.24, 2.45) is 5.92 Å². The van der Waals surface area contributed by atoms with E-state index in [1.165, 1.54) is 25.0 Å². The molecule has 1 aromatic heterocycles. The summed E-state index contributed by atoms with van der Waals surface area (Å²) in [6, 6.07) is 2.21. The average Bonchev–Trinajstić information content (AvgIpc) is 2.33. The molecule has 0 aliphatic heterocycles. The third kappa shape index (κ3) is 0.859. The van der Waals surface area contributed by atoms with E-state index in [0.717, 1.165) is 5.92 Å². The number of hydrogen-bond acceptors (Lipinski definition) is 0. The second-order valence-corrected chi connectivity index (χ2v) is 3.33. The van der Waals surface area contributed by atoms with Gasteiger partial charge < -0.3 is 4.98 Å². The van der Waals surface area contributed by atoms with Crippen molar-refractivity contribution in [1.29, 1.82) is 0 Å². The van der Waals surface area contributed by atoms with Crippen LogP contribution < -0.4 is 0 Å². The molecule has 1 aliphatic rings. The van der Waals surface area contributed by atoms with Gasteiger partial charge in [0.05, 0.1) is 0 Å². The van der Waals surface area contributed by atoms with Crippen LogP contribution in [0.15, 0.2) is 12.3 Å². The molecule has 0 aromatic carbocycles. The van der Waals surface area contributed by atoms with Crippen LogP contribution in [0, 0.1) is 5.92 Å². The third-order valence-electron chi connectivity index (χ3n) is 2.39. The van der Waals surface area contributed by atoms with Gasteiger partial charge in [-0.05, 0) is 36.8 Å². The highest BCUT2D eigenvalue weighted by atomic mass is 14.7. The van der Waals surface area contributed by atoms with Gasteiger partial charge in [-0.1, -0.05) is 6.92 Å². The lowest BCUT2D eigenvalue weighted by atomic mass is 9.89. The van der Waals surface area contributed by atoms with Crippen LogP contribution in [0.3, 0.4) is 0 Å². The maximum atomic E-state index is 3.28. The second-order valence-electron chi connectivity index (χ2n) is 3.33. The van der Waals surface area contributed by atoms with Gasteiger partial charge >= 0.3 is 0 Å². The quantitative estimate of drug-likeness (QED) is 0.561. The molecule has 10 heavy (non-hydrogen) atoms. The largest absolute Gasteiger partial charge is 0.365 e. The van der Waals surface area contributed by atoms with Crippen molar-refractivity contribution in [3.63, 3.8) is 0 Å². The van der Waals surface area contributed by atoms with Crippen molar-refractivity contribution < 1.29 is 0 Å². The molecule has 1 aliphatic carbocycles. The molecule has 1 aromatic rings. The highest BCUT2D eigenvalue weighted by Gasteiger charge is 2.14. The van der Waals surface area contributed by atoms with Crippen LogP contribution in [0.1, 0.15) is 24.6 Å². The van der Waals surface area contributed by atoms with Crippen molar-refractivity contribution in [3.05, 3.63) is 23.5 Å². The predicted molar refractivity (Wildman–Crippen MR) is 42.0 cm³/mol. The van der Waals surface area contributed by atoms with Gasteiger partial charge in [0.1, 0.15) is 0 Å². The SMILES string of the molecule is CC1CCc2[nH]ccc2C1. The first-order valence-corrected chi connectivity index (χ1v) is 4.01. The van der Waals surface area contributed by atoms with Crippen LogP contribution in [0.2, 0.25) is 0 Å². The molecule has 0 fully saturated rings. The van der Waals surface area contributed by atoms with Gasteiger partial charge in [0.15, 0.2) is 0 Å². The summed E-state index contributed by atoms with van der Waals surface area (Å²) < 4.78 is 0. The second kappa shape index (κ2) is 2.15. The maximum absolute atomic E-state index is 3.28. The fraction of sp³-hybridized carbons (Fsp3) is 0.556. The van der Waals surface area contributed by atoms with Crippen molar-refractivity contribution in [3.8, 4) is 0 Å². The summed E-state index contributed by atoms with van der Waals surface area (Å²) in [6.07, 6.45) is 5.94. The van der Waals surface area contributed by atoms with E-state index in [4.69, 9.17) is 0 Å². The lowest BCUT2D eigenvalue weighted by Gasteiger charge is -2.17. The molecule has 1 nitrogen and oxygen atoms in total. The molecule has 54 valence electrons. The first-order chi connectivity index (χ1) is 4.86. The normalized spacial score (nSPS) is 24.3. The van der Waals surface area contributed by atoms with E-state index < -0.39 is 0 Å². The maximum Gasteiger partial charge on any atom is 0.0179 e. The fourth-order valence-corrected chi connectivity index (χ4v) is 1.73. The molecule has 2 rings (SSSR count). The Hall–Kier alpha value is -0.720. The van der Waals surface area contributed by atoms with Crippen LogP contribution in [0.25, 0.3) is 0 Å². The van der Waals surface area contributed by atoms with E-state index in [9.17, 15) is 0 Å². The van der Waals surface area contributed by atoms with Crippen LogP contribution in [0.4, 0.5) is 0 Å². The smallest absolute Gasteiger partial charge is 0.0179 e. The summed E-state index contributed by atoms with van der Waals surface area (Å²) in [4.78, 5) is 3.28. The van der Waals surface area contributed by atoms with Crippen molar-refractivity contribution in [2.75, 3.05) is 0 Å². The number of aromatic nitrogens is 1. The highest BCUT2D eigenvalue weighted by Crippen LogP contribution is 2.23. The molecular weight excluding hydrogens is 122 g/mol. The first kappa shape index (κ1) is 6.02. The van der Waals surface area contributed by atoms with Crippen LogP contribution in [0.5, 0.6) is 0 Å². The third-order valence-corrected chi connectivity index (χ3v) is 2.39. The van der Waals surface area contributed by atoms with Gasteiger partial charge in [-0.3, -0.25) is 0 Å². The zero-order chi connectivity index (χ0) is 6.97. The Morgan fingerprint density at radius 3 is 3.40 bits per heavy atom. The van der Waals surface area contributed by atoms with E-state index >= 15 is 0 Å². The Bertz CT molecular complexity index is 224. The van der Waals surface area contributed by atoms with E-state index in [0.29, 0.717) is 0 Å². The van der Waals surface area contributed by atoms with Crippen LogP contribution in [-0.4, -0.2) is 4.98 Å². The summed E-state index contributed by atoms with van der Waals surface area (Å²) in [5.74, 6) is 0.892. The summed E-state index contributed by atoms with van der Waals surface area (Å²) >= 11 is 0. The first-order valence-electron chi connectivity index (χ1n) is 4.01. The Balaban J connectivity index is 2.30. The zero-order valence-corrected chi connectivity index (χ0v) is 6.35. The van der Waals surface area contributed by atoms with Gasteiger partial charge in [-0.2, -0.15) is 0 Å². The number of H-pyrrole nitrogens is 1. The minimum Gasteiger partial charge on any atom is -0.365 e. The Morgan fingerprint density at radius 2 is 2.50 bits per heavy atom. The van der Waals surface area contributed by atoms with Crippen LogP contribution in [-0.2, 0) is 12.8 Å². The molecule has 1 atom stereocenters. The van der Waals surface area contributed by atoms with E-state index in [1.54, 1.807) is 5.56 Å². The number of hydrogen-bond donors (Lipinski definition) is 1. The zero-order valence-electron chi connectivity index (χ0n) is 6.35. The van der Waals surface area contributed by atoms with Gasteiger partial charge in [-0.25, -0.2) is 0 Å². The molecule has 0 saturated carbocycles. The Kier molecular flexibility index (Phi) is 1.30. The van der Waals surface area contributed by atoms with E-state index in [2.05, 4.69) is 24.2 Å². The molecule has 0 bridgehead atoms. The minimum absolute atomic E-state index is 0.892. The number of aryl methyl sites for hydroxylation is 1. The standard InChI is InChI=1S/C9H13N/c1-7-2-3-9-8(6-7)4-5-10-9/h4-5,7,10H,2-3,6H2,1H3. The van der Waals surface area contributed by atoms with Crippen LogP contribution >= 0.6 is 0 Å². The Morgan fingerprint density at radius 1 is 1.60 bits per heavy atom. The van der Waals surface area contributed by atoms with Crippen molar-refractivity contribution >= 4 is 0 Å². The Labute approximate surface area is 61.5 Å². The summed E-state index contributed by atoms with van der Waals surface area (Å²) in [5, 5.41) is 0. The highest BCUT2D eigenvalue weighted by molar-refractivity contribution is 5.23. The van der Waals surface area contributed by atoms with Crippen molar-refractivity contribution in [2.45, 2.75) is 26.2 Å². The topological polar surface area (TPSA) is 15.8 Å². The lowest BCUT2D eigenvalue weighted by molar-refractivity contribution is 0.498. The average molecular weight is 135 g/mol. The fourth-order valence-electron chi connectivity index (χ4n) is 1.73. The number of fused-ring (bicyclic) bond motifs is 1. The monoisotopic (exact) mass is 135 g/mol. The van der Waals surface area contributed by atoms with E-state index in [1.807, 2.05) is 0 Å². The molecule has 0 saturated heterocycles. The molecule has 1 unspecified atom stereocenters. The molecule has 1 N–H and O–H groups in total. The van der Waals surface area contributed by atoms with Gasteiger partial charge in [0.2, 0.25) is 0 Å². The minimum atomic E-state index is 0.892. The molecule has 0 amide bonds. The number of nitrogens with one attached hydrogen (secondary N) is 1. The predicted octanol–water partition coefficient (Wildman–Crippen LogP) is 2.14. The molecule has 0 spiro atoms. The molecule has 0 radical (unpaired) electrons. The van der Waals surface area contributed by atoms with Gasteiger partial charge in [0, 0.05) is 11.9 Å². The summed E-state index contributed by atoms with van der Waals surface area (Å²) in [5.41, 5.74) is 3.01. The summed E-state index contributed by atoms with van der Waals surface area (Å²) in [7, 11) is 0. The number of aromatic amines is 1. The summed E-state index contributed by atoms with van der Waals surface area (Å²) in [6.45, 7) is 2.33. The molecule has 1 heteroatoms. The number of rotatable bonds is 0. The van der Waals surface area contributed by atoms with Gasteiger partial charge in [-0.15, -0.1) is 0 Å². The molecular formula is C9H13N.